The largest absolute Gasteiger partial charge is 0.494 e. The fourth-order valence-electron chi connectivity index (χ4n) is 4.73. The lowest BCUT2D eigenvalue weighted by molar-refractivity contribution is -0.119. The van der Waals surface area contributed by atoms with Crippen molar-refractivity contribution in [3.05, 3.63) is 64.7 Å². The third-order valence-electron chi connectivity index (χ3n) is 6.01. The lowest BCUT2D eigenvalue weighted by Gasteiger charge is -2.35. The molecular weight excluding hydrogens is 322 g/mol. The van der Waals surface area contributed by atoms with Crippen LogP contribution in [0.4, 0.5) is 0 Å². The first-order valence-electron chi connectivity index (χ1n) is 9.83. The second-order valence-corrected chi connectivity index (χ2v) is 7.45. The van der Waals surface area contributed by atoms with E-state index in [-0.39, 0.29) is 0 Å². The molecule has 1 amide bonds. The molecule has 1 unspecified atom stereocenters. The summed E-state index contributed by atoms with van der Waals surface area (Å²) in [7, 11) is 0. The van der Waals surface area contributed by atoms with Gasteiger partial charge in [0.15, 0.2) is 0 Å². The number of piperidine rings is 1. The van der Waals surface area contributed by atoms with Crippen LogP contribution < -0.4 is 4.74 Å². The number of aryl methyl sites for hydroxylation is 2. The molecule has 0 saturated carbocycles. The lowest BCUT2D eigenvalue weighted by atomic mass is 9.74. The van der Waals surface area contributed by atoms with Crippen molar-refractivity contribution >= 4 is 6.41 Å². The maximum atomic E-state index is 11.1. The Hall–Kier alpha value is -2.29. The van der Waals surface area contributed by atoms with Crippen molar-refractivity contribution in [2.45, 2.75) is 38.5 Å². The Kier molecular flexibility index (Phi) is 4.96. The van der Waals surface area contributed by atoms with Crippen molar-refractivity contribution < 1.29 is 9.53 Å². The summed E-state index contributed by atoms with van der Waals surface area (Å²) in [6.07, 6.45) is 5.30. The number of hydrogen-bond acceptors (Lipinski definition) is 2. The highest BCUT2D eigenvalue weighted by molar-refractivity contribution is 5.49. The van der Waals surface area contributed by atoms with E-state index in [9.17, 15) is 4.79 Å². The Morgan fingerprint density at radius 2 is 1.77 bits per heavy atom. The van der Waals surface area contributed by atoms with Crippen molar-refractivity contribution in [3.63, 3.8) is 0 Å². The monoisotopic (exact) mass is 349 g/mol. The second kappa shape index (κ2) is 7.53. The van der Waals surface area contributed by atoms with Gasteiger partial charge >= 0.3 is 0 Å². The third-order valence-corrected chi connectivity index (χ3v) is 6.01. The van der Waals surface area contributed by atoms with E-state index in [2.05, 4.69) is 42.5 Å². The molecule has 3 heteroatoms. The maximum Gasteiger partial charge on any atom is 0.209 e. The van der Waals surface area contributed by atoms with Crippen molar-refractivity contribution in [2.75, 3.05) is 19.7 Å². The number of hydrogen-bond donors (Lipinski definition) is 0. The van der Waals surface area contributed by atoms with Crippen LogP contribution in [0.1, 0.15) is 47.9 Å². The summed E-state index contributed by atoms with van der Waals surface area (Å²) in [5.41, 5.74) is 5.85. The summed E-state index contributed by atoms with van der Waals surface area (Å²) in [5.74, 6) is 1.99. The van der Waals surface area contributed by atoms with Crippen LogP contribution in [-0.4, -0.2) is 31.0 Å². The Balaban J connectivity index is 1.74. The molecular formula is C23H27NO2. The Bertz CT molecular complexity index is 778. The van der Waals surface area contributed by atoms with E-state index in [0.29, 0.717) is 18.4 Å². The minimum absolute atomic E-state index is 0.424. The van der Waals surface area contributed by atoms with Crippen molar-refractivity contribution in [1.82, 2.24) is 4.90 Å². The third kappa shape index (κ3) is 3.23. The Morgan fingerprint density at radius 3 is 2.54 bits per heavy atom. The molecule has 0 spiro atoms. The van der Waals surface area contributed by atoms with Crippen LogP contribution in [0.15, 0.2) is 42.5 Å². The first kappa shape index (κ1) is 17.1. The fraction of sp³-hybridized carbons (Fsp3) is 0.435. The molecule has 0 radical (unpaired) electrons. The molecule has 0 bridgehead atoms. The van der Waals surface area contributed by atoms with Gasteiger partial charge in [-0.3, -0.25) is 4.79 Å². The molecule has 1 fully saturated rings. The van der Waals surface area contributed by atoms with Crippen molar-refractivity contribution in [1.29, 1.82) is 0 Å². The number of nitrogens with zero attached hydrogens (tertiary/aromatic N) is 1. The van der Waals surface area contributed by atoms with Crippen LogP contribution in [0.25, 0.3) is 0 Å². The molecule has 0 N–H and O–H groups in total. The molecule has 2 aromatic carbocycles. The van der Waals surface area contributed by atoms with Crippen molar-refractivity contribution in [3.8, 4) is 5.75 Å². The molecule has 136 valence electrons. The summed E-state index contributed by atoms with van der Waals surface area (Å²) in [5, 5.41) is 0. The minimum Gasteiger partial charge on any atom is -0.494 e. The van der Waals surface area contributed by atoms with Crippen LogP contribution in [0.2, 0.25) is 0 Å². The Labute approximate surface area is 156 Å². The maximum absolute atomic E-state index is 11.1. The quantitative estimate of drug-likeness (QED) is 0.775. The smallest absolute Gasteiger partial charge is 0.209 e. The summed E-state index contributed by atoms with van der Waals surface area (Å²) in [6, 6.07) is 15.6. The second-order valence-electron chi connectivity index (χ2n) is 7.45. The Morgan fingerprint density at radius 1 is 1.04 bits per heavy atom. The number of amides is 1. The average molecular weight is 349 g/mol. The highest BCUT2D eigenvalue weighted by Gasteiger charge is 2.32. The van der Waals surface area contributed by atoms with Gasteiger partial charge in [0.2, 0.25) is 6.41 Å². The van der Waals surface area contributed by atoms with E-state index in [1.54, 1.807) is 0 Å². The molecule has 26 heavy (non-hydrogen) atoms. The topological polar surface area (TPSA) is 29.5 Å². The number of benzene rings is 2. The van der Waals surface area contributed by atoms with E-state index in [1.807, 2.05) is 11.8 Å². The molecule has 1 heterocycles. The van der Waals surface area contributed by atoms with Gasteiger partial charge in [-0.2, -0.15) is 0 Å². The van der Waals surface area contributed by atoms with Gasteiger partial charge in [-0.1, -0.05) is 30.3 Å². The molecule has 1 saturated heterocycles. The molecule has 1 atom stereocenters. The molecule has 2 aliphatic rings. The first-order valence-corrected chi connectivity index (χ1v) is 9.83. The van der Waals surface area contributed by atoms with E-state index < -0.39 is 0 Å². The molecule has 1 aliphatic carbocycles. The van der Waals surface area contributed by atoms with Crippen LogP contribution in [0.5, 0.6) is 5.75 Å². The van der Waals surface area contributed by atoms with Gasteiger partial charge in [0.1, 0.15) is 5.75 Å². The van der Waals surface area contributed by atoms with Crippen LogP contribution in [0.3, 0.4) is 0 Å². The van der Waals surface area contributed by atoms with Gasteiger partial charge in [-0.05, 0) is 72.9 Å². The minimum atomic E-state index is 0.424. The van der Waals surface area contributed by atoms with Gasteiger partial charge in [0.25, 0.3) is 0 Å². The number of ether oxygens (including phenoxy) is 1. The number of likely N-dealkylation sites (tertiary alicyclic amines) is 1. The molecule has 2 aromatic rings. The van der Waals surface area contributed by atoms with E-state index in [1.165, 1.54) is 22.3 Å². The van der Waals surface area contributed by atoms with Gasteiger partial charge in [-0.25, -0.2) is 0 Å². The van der Waals surface area contributed by atoms with Crippen molar-refractivity contribution in [2.24, 2.45) is 5.92 Å². The van der Waals surface area contributed by atoms with Crippen LogP contribution in [-0.2, 0) is 17.6 Å². The first-order chi connectivity index (χ1) is 12.8. The zero-order valence-electron chi connectivity index (χ0n) is 15.5. The predicted octanol–water partition coefficient (Wildman–Crippen LogP) is 4.18. The highest BCUT2D eigenvalue weighted by atomic mass is 16.5. The van der Waals surface area contributed by atoms with Gasteiger partial charge < -0.3 is 9.64 Å². The zero-order chi connectivity index (χ0) is 17.9. The zero-order valence-corrected chi connectivity index (χ0v) is 15.5. The van der Waals surface area contributed by atoms with E-state index in [4.69, 9.17) is 4.74 Å². The van der Waals surface area contributed by atoms with Crippen LogP contribution in [0, 0.1) is 5.92 Å². The lowest BCUT2D eigenvalue weighted by Crippen LogP contribution is -2.35. The summed E-state index contributed by atoms with van der Waals surface area (Å²) >= 11 is 0. The van der Waals surface area contributed by atoms with Gasteiger partial charge in [-0.15, -0.1) is 0 Å². The van der Waals surface area contributed by atoms with Gasteiger partial charge in [0.05, 0.1) is 6.61 Å². The van der Waals surface area contributed by atoms with E-state index >= 15 is 0 Å². The van der Waals surface area contributed by atoms with E-state index in [0.717, 1.165) is 50.9 Å². The highest BCUT2D eigenvalue weighted by Crippen LogP contribution is 2.43. The standard InChI is InChI=1S/C23H27NO2/c1-2-26-20-9-10-22-19(15-20)8-7-17-5-3-4-6-21(17)23(22)18-11-13-24(16-25)14-12-18/h3-6,9-10,15-16,18,23H,2,7-8,11-14H2,1H3. The summed E-state index contributed by atoms with van der Waals surface area (Å²) in [6.45, 7) is 4.48. The molecule has 0 aromatic heterocycles. The van der Waals surface area contributed by atoms with Gasteiger partial charge in [0, 0.05) is 19.0 Å². The fourth-order valence-corrected chi connectivity index (χ4v) is 4.73. The molecule has 4 rings (SSSR count). The normalized spacial score (nSPS) is 20.0. The average Bonchev–Trinajstić information content (AvgIpc) is 2.85. The number of rotatable bonds is 4. The molecule has 3 nitrogen and oxygen atoms in total. The summed E-state index contributed by atoms with van der Waals surface area (Å²) < 4.78 is 5.75. The summed E-state index contributed by atoms with van der Waals surface area (Å²) in [4.78, 5) is 13.0. The number of fused-ring (bicyclic) bond motifs is 2. The predicted molar refractivity (Wildman–Crippen MR) is 104 cm³/mol. The molecule has 1 aliphatic heterocycles. The number of carbonyl (C=O) groups is 1. The van der Waals surface area contributed by atoms with Crippen LogP contribution >= 0.6 is 0 Å². The number of carbonyl (C=O) groups excluding carboxylic acids is 1. The SMILES string of the molecule is CCOc1ccc2c(c1)CCc1ccccc1C2C1CCN(C=O)CC1.